The van der Waals surface area contributed by atoms with Gasteiger partial charge in [-0.2, -0.15) is 0 Å². The Balaban J connectivity index is 1.73. The summed E-state index contributed by atoms with van der Waals surface area (Å²) in [5.74, 6) is 2.59. The van der Waals surface area contributed by atoms with E-state index in [1.807, 2.05) is 25.1 Å². The van der Waals surface area contributed by atoms with E-state index in [4.69, 9.17) is 0 Å². The summed E-state index contributed by atoms with van der Waals surface area (Å²) in [5, 5.41) is 10.0. The Labute approximate surface area is 137 Å². The van der Waals surface area contributed by atoms with Gasteiger partial charge in [-0.3, -0.25) is 0 Å². The molecule has 1 saturated heterocycles. The molecule has 2 heterocycles. The summed E-state index contributed by atoms with van der Waals surface area (Å²) < 4.78 is 0. The molecule has 0 saturated carbocycles. The fourth-order valence-corrected chi connectivity index (χ4v) is 2.94. The molecule has 1 fully saturated rings. The number of phenols is 1. The number of aromatic hydroxyl groups is 1. The van der Waals surface area contributed by atoms with E-state index >= 15 is 0 Å². The maximum absolute atomic E-state index is 10.0. The summed E-state index contributed by atoms with van der Waals surface area (Å²) >= 11 is 0. The average Bonchev–Trinajstić information content (AvgIpc) is 2.55. The molecule has 0 atom stereocenters. The van der Waals surface area contributed by atoms with Crippen molar-refractivity contribution in [3.8, 4) is 5.75 Å². The average molecular weight is 312 g/mol. The Bertz CT molecular complexity index is 678. The van der Waals surface area contributed by atoms with Crippen molar-refractivity contribution in [1.82, 2.24) is 9.97 Å². The van der Waals surface area contributed by atoms with Crippen molar-refractivity contribution in [3.63, 3.8) is 0 Å². The highest BCUT2D eigenvalue weighted by Gasteiger charge is 2.21. The van der Waals surface area contributed by atoms with Crippen LogP contribution in [0.4, 0.5) is 11.5 Å². The highest BCUT2D eigenvalue weighted by Crippen LogP contribution is 2.28. The molecular weight excluding hydrogens is 288 g/mol. The zero-order valence-electron chi connectivity index (χ0n) is 14.0. The van der Waals surface area contributed by atoms with Gasteiger partial charge in [0.15, 0.2) is 0 Å². The molecule has 23 heavy (non-hydrogen) atoms. The second-order valence-corrected chi connectivity index (χ2v) is 6.32. The van der Waals surface area contributed by atoms with Gasteiger partial charge in [0.2, 0.25) is 0 Å². The van der Waals surface area contributed by atoms with E-state index in [1.165, 1.54) is 0 Å². The van der Waals surface area contributed by atoms with Gasteiger partial charge in [-0.25, -0.2) is 9.97 Å². The third-order valence-corrected chi connectivity index (χ3v) is 4.26. The van der Waals surface area contributed by atoms with Crippen LogP contribution in [-0.4, -0.2) is 41.3 Å². The standard InChI is InChI=1S/C18H24N4O/c1-13(2)15-12-18(20-14(3)19-15)22-10-8-21(9-11-22)16-6-4-5-7-17(16)23/h4-7,12-13,23H,8-11H2,1-3H3. The predicted molar refractivity (Wildman–Crippen MR) is 93.4 cm³/mol. The number of para-hydroxylation sites is 2. The van der Waals surface area contributed by atoms with Gasteiger partial charge in [-0.1, -0.05) is 26.0 Å². The highest BCUT2D eigenvalue weighted by molar-refractivity contribution is 5.58. The van der Waals surface area contributed by atoms with Crippen LogP contribution < -0.4 is 9.80 Å². The van der Waals surface area contributed by atoms with Gasteiger partial charge in [0, 0.05) is 37.9 Å². The molecule has 1 aliphatic heterocycles. The Kier molecular flexibility index (Phi) is 4.37. The summed E-state index contributed by atoms with van der Waals surface area (Å²) in [4.78, 5) is 13.7. The minimum Gasteiger partial charge on any atom is -0.506 e. The third-order valence-electron chi connectivity index (χ3n) is 4.26. The van der Waals surface area contributed by atoms with E-state index in [1.54, 1.807) is 6.07 Å². The van der Waals surface area contributed by atoms with Crippen molar-refractivity contribution in [2.24, 2.45) is 0 Å². The van der Waals surface area contributed by atoms with Gasteiger partial charge in [-0.15, -0.1) is 0 Å². The molecule has 0 spiro atoms. The smallest absolute Gasteiger partial charge is 0.138 e. The van der Waals surface area contributed by atoms with Crippen molar-refractivity contribution >= 4 is 11.5 Å². The Morgan fingerprint density at radius 1 is 1.00 bits per heavy atom. The molecule has 0 radical (unpaired) electrons. The molecule has 1 aliphatic rings. The fraction of sp³-hybridized carbons (Fsp3) is 0.444. The lowest BCUT2D eigenvalue weighted by Crippen LogP contribution is -2.47. The lowest BCUT2D eigenvalue weighted by atomic mass is 10.1. The van der Waals surface area contributed by atoms with Gasteiger partial charge in [0.05, 0.1) is 5.69 Å². The maximum Gasteiger partial charge on any atom is 0.138 e. The molecule has 0 amide bonds. The number of aromatic nitrogens is 2. The van der Waals surface area contributed by atoms with Gasteiger partial charge in [0.1, 0.15) is 17.4 Å². The quantitative estimate of drug-likeness (QED) is 0.944. The van der Waals surface area contributed by atoms with Crippen LogP contribution in [0.5, 0.6) is 5.75 Å². The Morgan fingerprint density at radius 2 is 1.65 bits per heavy atom. The molecule has 0 unspecified atom stereocenters. The second kappa shape index (κ2) is 6.44. The first-order valence-corrected chi connectivity index (χ1v) is 8.18. The number of anilines is 2. The Hall–Kier alpha value is -2.30. The number of phenolic OH excluding ortho intramolecular Hbond substituents is 1. The molecule has 5 heteroatoms. The molecule has 1 aromatic heterocycles. The van der Waals surface area contributed by atoms with Crippen molar-refractivity contribution in [2.45, 2.75) is 26.7 Å². The normalized spacial score (nSPS) is 15.3. The first kappa shape index (κ1) is 15.6. The highest BCUT2D eigenvalue weighted by atomic mass is 16.3. The van der Waals surface area contributed by atoms with E-state index in [-0.39, 0.29) is 0 Å². The zero-order chi connectivity index (χ0) is 16.4. The zero-order valence-corrected chi connectivity index (χ0v) is 14.0. The van der Waals surface area contributed by atoms with Crippen molar-refractivity contribution in [3.05, 3.63) is 41.9 Å². The SMILES string of the molecule is Cc1nc(C(C)C)cc(N2CCN(c3ccccc3O)CC2)n1. The molecule has 5 nitrogen and oxygen atoms in total. The number of hydrogen-bond donors (Lipinski definition) is 1. The molecule has 1 aromatic carbocycles. The summed E-state index contributed by atoms with van der Waals surface area (Å²) in [6.45, 7) is 9.79. The van der Waals surface area contributed by atoms with Crippen LogP contribution in [-0.2, 0) is 0 Å². The minimum atomic E-state index is 0.348. The van der Waals surface area contributed by atoms with Crippen molar-refractivity contribution in [2.75, 3.05) is 36.0 Å². The minimum absolute atomic E-state index is 0.348. The van der Waals surface area contributed by atoms with E-state index in [0.717, 1.165) is 49.2 Å². The monoisotopic (exact) mass is 312 g/mol. The van der Waals surface area contributed by atoms with Crippen LogP contribution in [0.1, 0.15) is 31.3 Å². The summed E-state index contributed by atoms with van der Waals surface area (Å²) in [7, 11) is 0. The summed E-state index contributed by atoms with van der Waals surface area (Å²) in [6.07, 6.45) is 0. The van der Waals surface area contributed by atoms with Gasteiger partial charge in [0.25, 0.3) is 0 Å². The van der Waals surface area contributed by atoms with Gasteiger partial charge >= 0.3 is 0 Å². The van der Waals surface area contributed by atoms with Gasteiger partial charge < -0.3 is 14.9 Å². The van der Waals surface area contributed by atoms with E-state index in [0.29, 0.717) is 11.7 Å². The summed E-state index contributed by atoms with van der Waals surface area (Å²) in [5.41, 5.74) is 2.00. The molecule has 3 rings (SSSR count). The largest absolute Gasteiger partial charge is 0.506 e. The van der Waals surface area contributed by atoms with Crippen LogP contribution >= 0.6 is 0 Å². The first-order chi connectivity index (χ1) is 11.0. The van der Waals surface area contributed by atoms with Crippen LogP contribution in [0.25, 0.3) is 0 Å². The number of hydrogen-bond acceptors (Lipinski definition) is 5. The van der Waals surface area contributed by atoms with Crippen LogP contribution in [0.2, 0.25) is 0 Å². The lowest BCUT2D eigenvalue weighted by molar-refractivity contribution is 0.472. The summed E-state index contributed by atoms with van der Waals surface area (Å²) in [6, 6.07) is 9.63. The molecule has 0 bridgehead atoms. The number of nitrogens with zero attached hydrogens (tertiary/aromatic N) is 4. The Morgan fingerprint density at radius 3 is 2.30 bits per heavy atom. The predicted octanol–water partition coefficient (Wildman–Crippen LogP) is 2.94. The maximum atomic E-state index is 10.0. The van der Waals surface area contributed by atoms with Gasteiger partial charge in [-0.05, 0) is 25.0 Å². The second-order valence-electron chi connectivity index (χ2n) is 6.32. The number of piperazine rings is 1. The van der Waals surface area contributed by atoms with Crippen molar-refractivity contribution in [1.29, 1.82) is 0 Å². The van der Waals surface area contributed by atoms with E-state index in [2.05, 4.69) is 39.7 Å². The lowest BCUT2D eigenvalue weighted by Gasteiger charge is -2.37. The third kappa shape index (κ3) is 3.38. The van der Waals surface area contributed by atoms with Crippen LogP contribution in [0.15, 0.2) is 30.3 Å². The van der Waals surface area contributed by atoms with E-state index in [9.17, 15) is 5.11 Å². The first-order valence-electron chi connectivity index (χ1n) is 8.18. The fourth-order valence-electron chi connectivity index (χ4n) is 2.94. The van der Waals surface area contributed by atoms with Crippen molar-refractivity contribution < 1.29 is 5.11 Å². The number of benzene rings is 1. The molecule has 122 valence electrons. The number of rotatable bonds is 3. The molecule has 1 N–H and O–H groups in total. The van der Waals surface area contributed by atoms with E-state index < -0.39 is 0 Å². The number of aryl methyl sites for hydroxylation is 1. The van der Waals surface area contributed by atoms with Crippen LogP contribution in [0.3, 0.4) is 0 Å². The molecule has 0 aliphatic carbocycles. The van der Waals surface area contributed by atoms with Crippen LogP contribution in [0, 0.1) is 6.92 Å². The molecular formula is C18H24N4O. The topological polar surface area (TPSA) is 52.5 Å². The molecule has 2 aromatic rings.